The van der Waals surface area contributed by atoms with Crippen molar-refractivity contribution in [1.29, 1.82) is 0 Å². The number of ether oxygens (including phenoxy) is 1. The lowest BCUT2D eigenvalue weighted by molar-refractivity contribution is 0.0953. The fourth-order valence-corrected chi connectivity index (χ4v) is 2.72. The predicted molar refractivity (Wildman–Crippen MR) is 85.6 cm³/mol. The molecular weight excluding hydrogens is 278 g/mol. The zero-order valence-electron chi connectivity index (χ0n) is 12.5. The van der Waals surface area contributed by atoms with Gasteiger partial charge in [-0.1, -0.05) is 6.07 Å². The number of hydrogen-bond acceptors (Lipinski definition) is 4. The molecule has 114 valence electrons. The molecule has 0 fully saturated rings. The van der Waals surface area contributed by atoms with Gasteiger partial charge in [-0.25, -0.2) is 5.84 Å². The summed E-state index contributed by atoms with van der Waals surface area (Å²) in [6, 6.07) is 13.8. The highest BCUT2D eigenvalue weighted by Gasteiger charge is 2.20. The lowest BCUT2D eigenvalue weighted by Gasteiger charge is -2.18. The van der Waals surface area contributed by atoms with E-state index in [4.69, 9.17) is 10.6 Å². The molecule has 5 heteroatoms. The van der Waals surface area contributed by atoms with E-state index in [1.807, 2.05) is 37.3 Å². The topological polar surface area (TPSA) is 67.6 Å². The molecule has 1 aliphatic rings. The molecule has 1 aliphatic heterocycles. The number of hydrazine groups is 1. The number of amides is 1. The van der Waals surface area contributed by atoms with E-state index >= 15 is 0 Å². The minimum absolute atomic E-state index is 0.262. The highest BCUT2D eigenvalue weighted by molar-refractivity contribution is 5.94. The third kappa shape index (κ3) is 2.76. The van der Waals surface area contributed by atoms with Gasteiger partial charge < -0.3 is 9.64 Å². The molecule has 0 saturated heterocycles. The molecule has 1 heterocycles. The number of hydrogen-bond donors (Lipinski definition) is 2. The van der Waals surface area contributed by atoms with Gasteiger partial charge in [-0.05, 0) is 54.4 Å². The van der Waals surface area contributed by atoms with Gasteiger partial charge in [-0.3, -0.25) is 10.2 Å². The second-order valence-electron chi connectivity index (χ2n) is 5.24. The number of benzene rings is 2. The van der Waals surface area contributed by atoms with Crippen molar-refractivity contribution >= 4 is 11.6 Å². The van der Waals surface area contributed by atoms with Crippen LogP contribution in [0.15, 0.2) is 42.5 Å². The van der Waals surface area contributed by atoms with Gasteiger partial charge in [-0.15, -0.1) is 0 Å². The number of nitrogens with one attached hydrogen (secondary N) is 1. The van der Waals surface area contributed by atoms with Gasteiger partial charge in [0.15, 0.2) is 0 Å². The molecule has 0 aliphatic carbocycles. The van der Waals surface area contributed by atoms with Crippen molar-refractivity contribution in [2.45, 2.75) is 20.0 Å². The van der Waals surface area contributed by atoms with Crippen LogP contribution in [0.3, 0.4) is 0 Å². The second-order valence-corrected chi connectivity index (χ2v) is 5.24. The Morgan fingerprint density at radius 2 is 1.91 bits per heavy atom. The molecule has 0 aromatic heterocycles. The number of nitrogens with zero attached hydrogens (tertiary/aromatic N) is 1. The molecule has 0 radical (unpaired) electrons. The van der Waals surface area contributed by atoms with Crippen molar-refractivity contribution in [3.8, 4) is 5.75 Å². The van der Waals surface area contributed by atoms with E-state index in [2.05, 4.69) is 22.5 Å². The Morgan fingerprint density at radius 3 is 2.59 bits per heavy atom. The summed E-state index contributed by atoms with van der Waals surface area (Å²) in [4.78, 5) is 13.9. The van der Waals surface area contributed by atoms with E-state index in [1.165, 1.54) is 5.56 Å². The first kappa shape index (κ1) is 14.4. The Balaban J connectivity index is 1.77. The first-order chi connectivity index (χ1) is 10.7. The maximum Gasteiger partial charge on any atom is 0.265 e. The summed E-state index contributed by atoms with van der Waals surface area (Å²) < 4.78 is 5.46. The number of anilines is 1. The first-order valence-electron chi connectivity index (χ1n) is 7.32. The summed E-state index contributed by atoms with van der Waals surface area (Å²) in [5.74, 6) is 5.80. The smallest absolute Gasteiger partial charge is 0.265 e. The number of carbonyl (C=O) groups is 1. The Labute approximate surface area is 129 Å². The summed E-state index contributed by atoms with van der Waals surface area (Å²) in [6.07, 6.45) is 0. The van der Waals surface area contributed by atoms with Gasteiger partial charge in [0.2, 0.25) is 0 Å². The first-order valence-corrected chi connectivity index (χ1v) is 7.32. The minimum atomic E-state index is -0.262. The molecule has 2 aromatic rings. The lowest BCUT2D eigenvalue weighted by atomic mass is 10.1. The quantitative estimate of drug-likeness (QED) is 0.516. The van der Waals surface area contributed by atoms with Crippen LogP contribution in [0.1, 0.15) is 28.4 Å². The van der Waals surface area contributed by atoms with E-state index in [-0.39, 0.29) is 5.91 Å². The van der Waals surface area contributed by atoms with Gasteiger partial charge in [0, 0.05) is 24.3 Å². The molecule has 3 rings (SSSR count). The minimum Gasteiger partial charge on any atom is -0.494 e. The number of fused-ring (bicyclic) bond motifs is 1. The molecule has 2 aromatic carbocycles. The summed E-state index contributed by atoms with van der Waals surface area (Å²) >= 11 is 0. The highest BCUT2D eigenvalue weighted by atomic mass is 16.5. The van der Waals surface area contributed by atoms with Crippen LogP contribution in [0.4, 0.5) is 5.69 Å². The molecule has 0 saturated carbocycles. The number of nitrogens with two attached hydrogens (primary N) is 1. The van der Waals surface area contributed by atoms with Crippen LogP contribution in [0.5, 0.6) is 5.75 Å². The monoisotopic (exact) mass is 297 g/mol. The Morgan fingerprint density at radius 1 is 1.18 bits per heavy atom. The standard InChI is InChI=1S/C17H19N3O2/c1-2-22-16-7-5-15(6-8-16)20-10-13-4-3-12(17(21)19-18)9-14(13)11-20/h3-9H,2,10-11,18H2,1H3,(H,19,21). The molecule has 22 heavy (non-hydrogen) atoms. The van der Waals surface area contributed by atoms with Crippen molar-refractivity contribution in [1.82, 2.24) is 5.43 Å². The highest BCUT2D eigenvalue weighted by Crippen LogP contribution is 2.30. The van der Waals surface area contributed by atoms with E-state index in [0.717, 1.165) is 30.1 Å². The molecule has 5 nitrogen and oxygen atoms in total. The maximum atomic E-state index is 11.6. The van der Waals surface area contributed by atoms with Gasteiger partial charge in [0.1, 0.15) is 5.75 Å². The van der Waals surface area contributed by atoms with E-state index in [9.17, 15) is 4.79 Å². The molecule has 1 amide bonds. The van der Waals surface area contributed by atoms with Gasteiger partial charge >= 0.3 is 0 Å². The van der Waals surface area contributed by atoms with Crippen molar-refractivity contribution in [3.05, 3.63) is 59.2 Å². The van der Waals surface area contributed by atoms with E-state index in [0.29, 0.717) is 12.2 Å². The van der Waals surface area contributed by atoms with Crippen LogP contribution in [0.25, 0.3) is 0 Å². The average molecular weight is 297 g/mol. The zero-order valence-corrected chi connectivity index (χ0v) is 12.5. The number of carbonyl (C=O) groups excluding carboxylic acids is 1. The van der Waals surface area contributed by atoms with Crippen molar-refractivity contribution in [2.75, 3.05) is 11.5 Å². The average Bonchev–Trinajstić information content (AvgIpc) is 2.98. The Kier molecular flexibility index (Phi) is 3.98. The fraction of sp³-hybridized carbons (Fsp3) is 0.235. The van der Waals surface area contributed by atoms with Gasteiger partial charge in [-0.2, -0.15) is 0 Å². The van der Waals surface area contributed by atoms with Crippen LogP contribution in [-0.4, -0.2) is 12.5 Å². The van der Waals surface area contributed by atoms with Crippen LogP contribution in [0, 0.1) is 0 Å². The van der Waals surface area contributed by atoms with E-state index < -0.39 is 0 Å². The third-order valence-corrected chi connectivity index (χ3v) is 3.83. The van der Waals surface area contributed by atoms with Gasteiger partial charge in [0.25, 0.3) is 5.91 Å². The summed E-state index contributed by atoms with van der Waals surface area (Å²) in [5.41, 5.74) is 6.30. The Bertz CT molecular complexity index is 683. The predicted octanol–water partition coefficient (Wildman–Crippen LogP) is 2.21. The third-order valence-electron chi connectivity index (χ3n) is 3.83. The molecule has 0 bridgehead atoms. The molecule has 0 atom stereocenters. The van der Waals surface area contributed by atoms with Crippen LogP contribution in [-0.2, 0) is 13.1 Å². The molecular formula is C17H19N3O2. The maximum absolute atomic E-state index is 11.6. The zero-order chi connectivity index (χ0) is 15.5. The molecule has 3 N–H and O–H groups in total. The normalized spacial score (nSPS) is 12.9. The fourth-order valence-electron chi connectivity index (χ4n) is 2.72. The van der Waals surface area contributed by atoms with Crippen molar-refractivity contribution in [2.24, 2.45) is 5.84 Å². The molecule has 0 spiro atoms. The molecule has 0 unspecified atom stereocenters. The second kappa shape index (κ2) is 6.07. The number of rotatable bonds is 4. The van der Waals surface area contributed by atoms with Crippen LogP contribution < -0.4 is 20.9 Å². The number of nitrogen functional groups attached to an aromatic ring is 1. The SMILES string of the molecule is CCOc1ccc(N2Cc3ccc(C(=O)NN)cc3C2)cc1. The van der Waals surface area contributed by atoms with E-state index in [1.54, 1.807) is 0 Å². The van der Waals surface area contributed by atoms with Gasteiger partial charge in [0.05, 0.1) is 6.61 Å². The summed E-state index contributed by atoms with van der Waals surface area (Å²) in [6.45, 7) is 4.27. The van der Waals surface area contributed by atoms with Crippen LogP contribution in [0.2, 0.25) is 0 Å². The largest absolute Gasteiger partial charge is 0.494 e. The summed E-state index contributed by atoms with van der Waals surface area (Å²) in [7, 11) is 0. The van der Waals surface area contributed by atoms with Crippen LogP contribution >= 0.6 is 0 Å². The summed E-state index contributed by atoms with van der Waals surface area (Å²) in [5, 5.41) is 0. The van der Waals surface area contributed by atoms with Crippen molar-refractivity contribution in [3.63, 3.8) is 0 Å². The lowest BCUT2D eigenvalue weighted by Crippen LogP contribution is -2.30. The van der Waals surface area contributed by atoms with Crippen molar-refractivity contribution < 1.29 is 9.53 Å². The Hall–Kier alpha value is -2.53.